The van der Waals surface area contributed by atoms with Crippen LogP contribution < -0.4 is 15.0 Å². The third-order valence-electron chi connectivity index (χ3n) is 4.76. The number of hydrogen-bond donors (Lipinski definition) is 1. The second-order valence-electron chi connectivity index (χ2n) is 6.59. The van der Waals surface area contributed by atoms with Gasteiger partial charge in [-0.1, -0.05) is 30.3 Å². The Bertz CT molecular complexity index is 1080. The normalized spacial score (nSPS) is 10.4. The lowest BCUT2D eigenvalue weighted by Gasteiger charge is -2.17. The molecule has 3 rings (SSSR count). The summed E-state index contributed by atoms with van der Waals surface area (Å²) in [6, 6.07) is 17.3. The zero-order chi connectivity index (χ0) is 20.1. The summed E-state index contributed by atoms with van der Waals surface area (Å²) in [7, 11) is 1.63. The minimum absolute atomic E-state index is 0.167. The largest absolute Gasteiger partial charge is 0.497 e. The van der Waals surface area contributed by atoms with Crippen LogP contribution in [0.2, 0.25) is 0 Å². The molecule has 0 bridgehead atoms. The number of benzene rings is 2. The van der Waals surface area contributed by atoms with Crippen molar-refractivity contribution in [3.05, 3.63) is 92.4 Å². The van der Waals surface area contributed by atoms with Crippen LogP contribution in [0.25, 0.3) is 0 Å². The molecule has 142 valence electrons. The van der Waals surface area contributed by atoms with Crippen LogP contribution in [0.15, 0.2) is 53.3 Å². The van der Waals surface area contributed by atoms with Gasteiger partial charge in [-0.2, -0.15) is 5.26 Å². The van der Waals surface area contributed by atoms with Gasteiger partial charge in [0.25, 0.3) is 5.56 Å². The van der Waals surface area contributed by atoms with E-state index in [1.807, 2.05) is 49.4 Å². The van der Waals surface area contributed by atoms with Gasteiger partial charge in [0.2, 0.25) is 0 Å². The Morgan fingerprint density at radius 3 is 2.46 bits per heavy atom. The molecule has 1 N–H and O–H groups in total. The Labute approximate surface area is 164 Å². The van der Waals surface area contributed by atoms with Crippen molar-refractivity contribution in [2.45, 2.75) is 26.9 Å². The summed E-state index contributed by atoms with van der Waals surface area (Å²) in [5.41, 5.74) is 4.50. The summed E-state index contributed by atoms with van der Waals surface area (Å²) in [4.78, 5) is 15.2. The highest BCUT2D eigenvalue weighted by molar-refractivity contribution is 5.46. The van der Waals surface area contributed by atoms with Crippen LogP contribution in [0.3, 0.4) is 0 Å². The molecule has 0 unspecified atom stereocenters. The Kier molecular flexibility index (Phi) is 5.81. The SMILES string of the molecule is COc1ccc(Cc2c(C)[nH]c(=O)c(C)c2OCc2ccccc2C#N)cc1. The second-order valence-corrected chi connectivity index (χ2v) is 6.59. The standard InChI is InChI=1S/C23H22N2O3/c1-15-22(28-14-19-7-5-4-6-18(19)13-24)21(16(2)25-23(15)26)12-17-8-10-20(27-3)11-9-17/h4-11H,12,14H2,1-3H3,(H,25,26). The number of nitrogens with zero attached hydrogens (tertiary/aromatic N) is 1. The van der Waals surface area contributed by atoms with Crippen LogP contribution in [0.1, 0.15) is 33.5 Å². The zero-order valence-corrected chi connectivity index (χ0v) is 16.2. The number of rotatable bonds is 6. The third kappa shape index (κ3) is 4.07. The van der Waals surface area contributed by atoms with Crippen LogP contribution >= 0.6 is 0 Å². The molecular formula is C23H22N2O3. The van der Waals surface area contributed by atoms with E-state index in [4.69, 9.17) is 9.47 Å². The van der Waals surface area contributed by atoms with Crippen LogP contribution in [-0.2, 0) is 13.0 Å². The van der Waals surface area contributed by atoms with Crippen molar-refractivity contribution in [3.8, 4) is 17.6 Å². The first-order chi connectivity index (χ1) is 13.5. The molecule has 0 atom stereocenters. The topological polar surface area (TPSA) is 75.1 Å². The minimum Gasteiger partial charge on any atom is -0.497 e. The second kappa shape index (κ2) is 8.45. The number of H-pyrrole nitrogens is 1. The quantitative estimate of drug-likeness (QED) is 0.706. The van der Waals surface area contributed by atoms with Gasteiger partial charge in [0.15, 0.2) is 0 Å². The van der Waals surface area contributed by atoms with E-state index in [0.29, 0.717) is 23.3 Å². The van der Waals surface area contributed by atoms with E-state index in [9.17, 15) is 10.1 Å². The average molecular weight is 374 g/mol. The predicted molar refractivity (Wildman–Crippen MR) is 108 cm³/mol. The molecule has 1 heterocycles. The highest BCUT2D eigenvalue weighted by Gasteiger charge is 2.16. The first-order valence-corrected chi connectivity index (χ1v) is 8.99. The number of aromatic amines is 1. The fraction of sp³-hybridized carbons (Fsp3) is 0.217. The number of ether oxygens (including phenoxy) is 2. The molecule has 0 saturated heterocycles. The number of aromatic nitrogens is 1. The van der Waals surface area contributed by atoms with E-state index in [1.165, 1.54) is 0 Å². The van der Waals surface area contributed by atoms with E-state index < -0.39 is 0 Å². The Balaban J connectivity index is 1.95. The average Bonchev–Trinajstić information content (AvgIpc) is 2.72. The molecule has 0 radical (unpaired) electrons. The van der Waals surface area contributed by atoms with Crippen LogP contribution in [0, 0.1) is 25.2 Å². The lowest BCUT2D eigenvalue weighted by Crippen LogP contribution is -2.16. The van der Waals surface area contributed by atoms with Crippen LogP contribution in [0.5, 0.6) is 11.5 Å². The van der Waals surface area contributed by atoms with Crippen molar-refractivity contribution in [2.24, 2.45) is 0 Å². The number of hydrogen-bond acceptors (Lipinski definition) is 4. The molecule has 5 nitrogen and oxygen atoms in total. The Morgan fingerprint density at radius 1 is 1.07 bits per heavy atom. The molecule has 0 aliphatic rings. The first kappa shape index (κ1) is 19.2. The highest BCUT2D eigenvalue weighted by Crippen LogP contribution is 2.27. The number of pyridine rings is 1. The van der Waals surface area contributed by atoms with Crippen molar-refractivity contribution >= 4 is 0 Å². The van der Waals surface area contributed by atoms with Crippen molar-refractivity contribution in [2.75, 3.05) is 7.11 Å². The Hall–Kier alpha value is -3.52. The van der Waals surface area contributed by atoms with Gasteiger partial charge < -0.3 is 14.5 Å². The highest BCUT2D eigenvalue weighted by atomic mass is 16.5. The van der Waals surface area contributed by atoms with E-state index >= 15 is 0 Å². The lowest BCUT2D eigenvalue weighted by molar-refractivity contribution is 0.299. The van der Waals surface area contributed by atoms with Gasteiger partial charge in [-0.15, -0.1) is 0 Å². The maximum atomic E-state index is 12.3. The van der Waals surface area contributed by atoms with Gasteiger partial charge in [0.05, 0.1) is 24.3 Å². The molecule has 2 aromatic carbocycles. The van der Waals surface area contributed by atoms with E-state index in [2.05, 4.69) is 11.1 Å². The maximum absolute atomic E-state index is 12.3. The molecule has 5 heteroatoms. The summed E-state index contributed by atoms with van der Waals surface area (Å²) < 4.78 is 11.3. The molecule has 0 amide bonds. The Morgan fingerprint density at radius 2 is 1.79 bits per heavy atom. The molecule has 1 aromatic heterocycles. The monoisotopic (exact) mass is 374 g/mol. The maximum Gasteiger partial charge on any atom is 0.254 e. The predicted octanol–water partition coefficient (Wildman–Crippen LogP) is 4.04. The van der Waals surface area contributed by atoms with E-state index in [-0.39, 0.29) is 12.2 Å². The lowest BCUT2D eigenvalue weighted by atomic mass is 10.0. The fourth-order valence-electron chi connectivity index (χ4n) is 3.10. The molecule has 0 fully saturated rings. The zero-order valence-electron chi connectivity index (χ0n) is 16.2. The van der Waals surface area contributed by atoms with Crippen molar-refractivity contribution < 1.29 is 9.47 Å². The molecule has 0 saturated carbocycles. The molecule has 0 aliphatic heterocycles. The summed E-state index contributed by atoms with van der Waals surface area (Å²) in [5, 5.41) is 9.28. The number of aryl methyl sites for hydroxylation is 1. The van der Waals surface area contributed by atoms with Crippen molar-refractivity contribution in [3.63, 3.8) is 0 Å². The van der Waals surface area contributed by atoms with Crippen molar-refractivity contribution in [1.82, 2.24) is 4.98 Å². The fourth-order valence-corrected chi connectivity index (χ4v) is 3.10. The van der Waals surface area contributed by atoms with Crippen molar-refractivity contribution in [1.29, 1.82) is 5.26 Å². The van der Waals surface area contributed by atoms with Crippen LogP contribution in [-0.4, -0.2) is 12.1 Å². The summed E-state index contributed by atoms with van der Waals surface area (Å²) in [6.07, 6.45) is 0.614. The summed E-state index contributed by atoms with van der Waals surface area (Å²) >= 11 is 0. The molecular weight excluding hydrogens is 352 g/mol. The smallest absolute Gasteiger partial charge is 0.254 e. The molecule has 0 aliphatic carbocycles. The van der Waals surface area contributed by atoms with Crippen LogP contribution in [0.4, 0.5) is 0 Å². The van der Waals surface area contributed by atoms with Gasteiger partial charge in [-0.25, -0.2) is 0 Å². The first-order valence-electron chi connectivity index (χ1n) is 8.99. The van der Waals surface area contributed by atoms with Gasteiger partial charge in [-0.05, 0) is 37.6 Å². The van der Waals surface area contributed by atoms with Gasteiger partial charge in [0.1, 0.15) is 18.1 Å². The number of methoxy groups -OCH3 is 1. The third-order valence-corrected chi connectivity index (χ3v) is 4.76. The van der Waals surface area contributed by atoms with Gasteiger partial charge in [0, 0.05) is 23.2 Å². The number of nitriles is 1. The minimum atomic E-state index is -0.167. The number of nitrogens with one attached hydrogen (secondary N) is 1. The van der Waals surface area contributed by atoms with Gasteiger partial charge in [-0.3, -0.25) is 4.79 Å². The summed E-state index contributed by atoms with van der Waals surface area (Å²) in [5.74, 6) is 1.37. The molecule has 3 aromatic rings. The molecule has 0 spiro atoms. The molecule has 28 heavy (non-hydrogen) atoms. The summed E-state index contributed by atoms with van der Waals surface area (Å²) in [6.45, 7) is 3.85. The van der Waals surface area contributed by atoms with Gasteiger partial charge >= 0.3 is 0 Å². The van der Waals surface area contributed by atoms with E-state index in [0.717, 1.165) is 28.1 Å². The van der Waals surface area contributed by atoms with E-state index in [1.54, 1.807) is 20.1 Å².